The van der Waals surface area contributed by atoms with Gasteiger partial charge in [-0.15, -0.1) is 0 Å². The second-order valence-electron chi connectivity index (χ2n) is 6.23. The standard InChI is InChI=1S/C15H25N3O/c1-15(2)11-17-9-14(5-7-19)18(12-15)10-13-4-3-6-16-8-13/h3-4,6,8,14,17,19H,5,7,9-12H2,1-2H3. The Labute approximate surface area is 115 Å². The van der Waals surface area contributed by atoms with Crippen LogP contribution in [0.15, 0.2) is 24.5 Å². The number of aliphatic hydroxyl groups excluding tert-OH is 1. The van der Waals surface area contributed by atoms with E-state index < -0.39 is 0 Å². The molecule has 106 valence electrons. The lowest BCUT2D eigenvalue weighted by Crippen LogP contribution is -2.41. The minimum atomic E-state index is 0.246. The molecule has 0 aliphatic carbocycles. The summed E-state index contributed by atoms with van der Waals surface area (Å²) in [6, 6.07) is 4.50. The third-order valence-corrected chi connectivity index (χ3v) is 3.70. The van der Waals surface area contributed by atoms with Crippen molar-refractivity contribution >= 4 is 0 Å². The molecular weight excluding hydrogens is 238 g/mol. The lowest BCUT2D eigenvalue weighted by molar-refractivity contribution is 0.126. The zero-order valence-electron chi connectivity index (χ0n) is 12.0. The lowest BCUT2D eigenvalue weighted by Gasteiger charge is -2.33. The Morgan fingerprint density at radius 2 is 2.37 bits per heavy atom. The van der Waals surface area contributed by atoms with Crippen LogP contribution in [0.4, 0.5) is 0 Å². The molecule has 1 aromatic heterocycles. The van der Waals surface area contributed by atoms with Crippen molar-refractivity contribution in [3.05, 3.63) is 30.1 Å². The fourth-order valence-electron chi connectivity index (χ4n) is 2.79. The summed E-state index contributed by atoms with van der Waals surface area (Å²) in [7, 11) is 0. The van der Waals surface area contributed by atoms with Crippen LogP contribution in [0.3, 0.4) is 0 Å². The molecule has 0 aromatic carbocycles. The second-order valence-corrected chi connectivity index (χ2v) is 6.23. The average molecular weight is 263 g/mol. The molecule has 0 bridgehead atoms. The summed E-state index contributed by atoms with van der Waals surface area (Å²) in [5.41, 5.74) is 1.50. The molecule has 1 aliphatic rings. The molecule has 1 aliphatic heterocycles. The van der Waals surface area contributed by atoms with Crippen molar-refractivity contribution in [3.63, 3.8) is 0 Å². The second kappa shape index (κ2) is 6.46. The first-order chi connectivity index (χ1) is 9.11. The van der Waals surface area contributed by atoms with E-state index in [0.717, 1.165) is 32.6 Å². The van der Waals surface area contributed by atoms with Gasteiger partial charge in [-0.2, -0.15) is 0 Å². The van der Waals surface area contributed by atoms with Crippen LogP contribution in [0.25, 0.3) is 0 Å². The first kappa shape index (κ1) is 14.4. The Morgan fingerprint density at radius 1 is 1.53 bits per heavy atom. The van der Waals surface area contributed by atoms with Crippen LogP contribution in [0.2, 0.25) is 0 Å². The molecule has 1 unspecified atom stereocenters. The zero-order valence-corrected chi connectivity index (χ0v) is 12.0. The van der Waals surface area contributed by atoms with Crippen molar-refractivity contribution < 1.29 is 5.11 Å². The summed E-state index contributed by atoms with van der Waals surface area (Å²) in [4.78, 5) is 6.67. The molecule has 1 fully saturated rings. The molecule has 0 radical (unpaired) electrons. The van der Waals surface area contributed by atoms with Gasteiger partial charge in [-0.25, -0.2) is 0 Å². The van der Waals surface area contributed by atoms with Gasteiger partial charge in [0.2, 0.25) is 0 Å². The average Bonchev–Trinajstić information content (AvgIpc) is 2.50. The van der Waals surface area contributed by atoms with Gasteiger partial charge in [0.1, 0.15) is 0 Å². The van der Waals surface area contributed by atoms with Crippen molar-refractivity contribution in [2.75, 3.05) is 26.2 Å². The van der Waals surface area contributed by atoms with Gasteiger partial charge >= 0.3 is 0 Å². The highest BCUT2D eigenvalue weighted by Gasteiger charge is 2.29. The third-order valence-electron chi connectivity index (χ3n) is 3.70. The van der Waals surface area contributed by atoms with Crippen LogP contribution >= 0.6 is 0 Å². The number of hydrogen-bond acceptors (Lipinski definition) is 4. The molecule has 1 aromatic rings. The van der Waals surface area contributed by atoms with Crippen LogP contribution in [-0.4, -0.2) is 47.3 Å². The van der Waals surface area contributed by atoms with Gasteiger partial charge in [-0.05, 0) is 23.5 Å². The molecule has 4 heteroatoms. The van der Waals surface area contributed by atoms with E-state index in [1.807, 2.05) is 18.5 Å². The molecule has 1 atom stereocenters. The van der Waals surface area contributed by atoms with Gasteiger partial charge in [0.05, 0.1) is 0 Å². The number of hydrogen-bond donors (Lipinski definition) is 2. The van der Waals surface area contributed by atoms with E-state index in [1.165, 1.54) is 5.56 Å². The van der Waals surface area contributed by atoms with Gasteiger partial charge in [0.25, 0.3) is 0 Å². The minimum absolute atomic E-state index is 0.246. The monoisotopic (exact) mass is 263 g/mol. The lowest BCUT2D eigenvalue weighted by atomic mass is 9.93. The summed E-state index contributed by atoms with van der Waals surface area (Å²) in [5, 5.41) is 12.8. The van der Waals surface area contributed by atoms with Crippen molar-refractivity contribution in [1.29, 1.82) is 0 Å². The van der Waals surface area contributed by atoms with Crippen LogP contribution < -0.4 is 5.32 Å². The molecule has 0 amide bonds. The van der Waals surface area contributed by atoms with E-state index in [2.05, 4.69) is 35.1 Å². The molecule has 0 spiro atoms. The maximum Gasteiger partial charge on any atom is 0.0446 e. The predicted molar refractivity (Wildman–Crippen MR) is 76.8 cm³/mol. The largest absolute Gasteiger partial charge is 0.396 e. The van der Waals surface area contributed by atoms with Gasteiger partial charge in [-0.1, -0.05) is 19.9 Å². The highest BCUT2D eigenvalue weighted by Crippen LogP contribution is 2.23. The van der Waals surface area contributed by atoms with Crippen LogP contribution in [-0.2, 0) is 6.54 Å². The van der Waals surface area contributed by atoms with Crippen LogP contribution in [0, 0.1) is 5.41 Å². The first-order valence-corrected chi connectivity index (χ1v) is 7.05. The van der Waals surface area contributed by atoms with Crippen molar-refractivity contribution in [2.24, 2.45) is 5.41 Å². The Hall–Kier alpha value is -0.970. The van der Waals surface area contributed by atoms with Crippen LogP contribution in [0.5, 0.6) is 0 Å². The van der Waals surface area contributed by atoms with E-state index in [1.54, 1.807) is 0 Å². The minimum Gasteiger partial charge on any atom is -0.396 e. The maximum atomic E-state index is 9.26. The van der Waals surface area contributed by atoms with E-state index in [9.17, 15) is 5.11 Å². The number of aromatic nitrogens is 1. The van der Waals surface area contributed by atoms with Crippen molar-refractivity contribution in [1.82, 2.24) is 15.2 Å². The van der Waals surface area contributed by atoms with Crippen molar-refractivity contribution in [3.8, 4) is 0 Å². The molecule has 2 rings (SSSR count). The van der Waals surface area contributed by atoms with Crippen molar-refractivity contribution in [2.45, 2.75) is 32.9 Å². The van der Waals surface area contributed by atoms with Gasteiger partial charge in [0, 0.05) is 51.2 Å². The predicted octanol–water partition coefficient (Wildman–Crippen LogP) is 1.26. The van der Waals surface area contributed by atoms with E-state index in [-0.39, 0.29) is 12.0 Å². The number of nitrogens with one attached hydrogen (secondary N) is 1. The summed E-state index contributed by atoms with van der Waals surface area (Å²) in [6.07, 6.45) is 4.56. The number of nitrogens with zero attached hydrogens (tertiary/aromatic N) is 2. The topological polar surface area (TPSA) is 48.4 Å². The molecule has 4 nitrogen and oxygen atoms in total. The van der Waals surface area contributed by atoms with E-state index in [0.29, 0.717) is 6.04 Å². The number of rotatable bonds is 4. The molecule has 0 saturated carbocycles. The Bertz CT molecular complexity index is 380. The van der Waals surface area contributed by atoms with Gasteiger partial charge in [-0.3, -0.25) is 9.88 Å². The Kier molecular flexibility index (Phi) is 4.91. The number of pyridine rings is 1. The molecule has 1 saturated heterocycles. The summed E-state index contributed by atoms with van der Waals surface area (Å²) >= 11 is 0. The Morgan fingerprint density at radius 3 is 3.05 bits per heavy atom. The van der Waals surface area contributed by atoms with Gasteiger partial charge in [0.15, 0.2) is 0 Å². The first-order valence-electron chi connectivity index (χ1n) is 7.05. The molecule has 19 heavy (non-hydrogen) atoms. The maximum absolute atomic E-state index is 9.26. The fraction of sp³-hybridized carbons (Fsp3) is 0.667. The highest BCUT2D eigenvalue weighted by atomic mass is 16.3. The molecular formula is C15H25N3O. The molecule has 2 heterocycles. The third kappa shape index (κ3) is 4.27. The van der Waals surface area contributed by atoms with Crippen LogP contribution in [0.1, 0.15) is 25.8 Å². The summed E-state index contributed by atoms with van der Waals surface area (Å²) < 4.78 is 0. The Balaban J connectivity index is 2.10. The number of aliphatic hydroxyl groups is 1. The quantitative estimate of drug-likeness (QED) is 0.859. The van der Waals surface area contributed by atoms with Gasteiger partial charge < -0.3 is 10.4 Å². The summed E-state index contributed by atoms with van der Waals surface area (Å²) in [5.74, 6) is 0. The SMILES string of the molecule is CC1(C)CNCC(CCO)N(Cc2cccnc2)C1. The highest BCUT2D eigenvalue weighted by molar-refractivity contribution is 5.09. The van der Waals surface area contributed by atoms with E-state index >= 15 is 0 Å². The normalized spacial score (nSPS) is 24.1. The molecule has 2 N–H and O–H groups in total. The smallest absolute Gasteiger partial charge is 0.0446 e. The zero-order chi connectivity index (χ0) is 13.7. The fourth-order valence-corrected chi connectivity index (χ4v) is 2.79. The van der Waals surface area contributed by atoms with E-state index in [4.69, 9.17) is 0 Å². The summed E-state index contributed by atoms with van der Waals surface area (Å²) in [6.45, 7) is 8.75.